The van der Waals surface area contributed by atoms with Crippen molar-refractivity contribution in [2.75, 3.05) is 18.4 Å². The van der Waals surface area contributed by atoms with Crippen LogP contribution in [0.4, 0.5) is 5.82 Å². The Morgan fingerprint density at radius 1 is 1.15 bits per heavy atom. The van der Waals surface area contributed by atoms with Crippen molar-refractivity contribution in [2.45, 2.75) is 31.6 Å². The van der Waals surface area contributed by atoms with Gasteiger partial charge in [-0.2, -0.15) is 4.31 Å². The van der Waals surface area contributed by atoms with E-state index in [1.165, 1.54) is 4.31 Å². The molecule has 2 heterocycles. The van der Waals surface area contributed by atoms with E-state index in [0.29, 0.717) is 36.6 Å². The maximum atomic E-state index is 12.9. The summed E-state index contributed by atoms with van der Waals surface area (Å²) >= 11 is 0. The summed E-state index contributed by atoms with van der Waals surface area (Å²) in [6.07, 6.45) is 2.63. The zero-order chi connectivity index (χ0) is 18.7. The van der Waals surface area contributed by atoms with E-state index in [0.717, 1.165) is 11.1 Å². The number of rotatable bonds is 4. The van der Waals surface area contributed by atoms with E-state index >= 15 is 0 Å². The fourth-order valence-electron chi connectivity index (χ4n) is 3.25. The molecule has 0 aliphatic carbocycles. The van der Waals surface area contributed by atoms with Crippen LogP contribution in [0.5, 0.6) is 0 Å². The van der Waals surface area contributed by atoms with Gasteiger partial charge in [0.15, 0.2) is 0 Å². The van der Waals surface area contributed by atoms with Gasteiger partial charge in [0.05, 0.1) is 4.90 Å². The number of aryl methyl sites for hydroxylation is 2. The lowest BCUT2D eigenvalue weighted by Crippen LogP contribution is -2.41. The Kier molecular flexibility index (Phi) is 5.38. The van der Waals surface area contributed by atoms with Gasteiger partial charge in [-0.3, -0.25) is 4.79 Å². The molecule has 1 amide bonds. The van der Waals surface area contributed by atoms with Crippen LogP contribution in [0.2, 0.25) is 0 Å². The number of nitrogens with one attached hydrogen (secondary N) is 1. The lowest BCUT2D eigenvalue weighted by molar-refractivity contribution is -0.120. The van der Waals surface area contributed by atoms with E-state index in [9.17, 15) is 13.2 Å². The number of pyridine rings is 1. The summed E-state index contributed by atoms with van der Waals surface area (Å²) in [7, 11) is -3.53. The van der Waals surface area contributed by atoms with Crippen LogP contribution in [-0.2, 0) is 14.8 Å². The highest BCUT2D eigenvalue weighted by atomic mass is 32.2. The largest absolute Gasteiger partial charge is 0.310 e. The van der Waals surface area contributed by atoms with Crippen molar-refractivity contribution >= 4 is 21.7 Å². The molecule has 138 valence electrons. The van der Waals surface area contributed by atoms with Crippen molar-refractivity contribution in [1.29, 1.82) is 0 Å². The Labute approximate surface area is 154 Å². The number of hydrogen-bond acceptors (Lipinski definition) is 4. The minimum atomic E-state index is -3.53. The molecule has 1 fully saturated rings. The van der Waals surface area contributed by atoms with Crippen molar-refractivity contribution in [3.8, 4) is 0 Å². The molecule has 0 atom stereocenters. The van der Waals surface area contributed by atoms with Crippen LogP contribution in [0.3, 0.4) is 0 Å². The van der Waals surface area contributed by atoms with Gasteiger partial charge >= 0.3 is 0 Å². The summed E-state index contributed by atoms with van der Waals surface area (Å²) in [5, 5.41) is 2.79. The van der Waals surface area contributed by atoms with Crippen LogP contribution >= 0.6 is 0 Å². The molecule has 26 heavy (non-hydrogen) atoms. The molecule has 1 aromatic heterocycles. The maximum absolute atomic E-state index is 12.9. The summed E-state index contributed by atoms with van der Waals surface area (Å²) in [5.74, 6) is 0.206. The average Bonchev–Trinajstić information content (AvgIpc) is 2.62. The Morgan fingerprint density at radius 3 is 2.50 bits per heavy atom. The lowest BCUT2D eigenvalue weighted by Gasteiger charge is -2.30. The monoisotopic (exact) mass is 373 g/mol. The first-order chi connectivity index (χ1) is 12.4. The first-order valence-electron chi connectivity index (χ1n) is 8.67. The number of carbonyl (C=O) groups is 1. The molecule has 0 radical (unpaired) electrons. The van der Waals surface area contributed by atoms with E-state index in [1.807, 2.05) is 32.0 Å². The Balaban J connectivity index is 1.65. The minimum absolute atomic E-state index is 0.104. The second-order valence-corrected chi connectivity index (χ2v) is 8.56. The van der Waals surface area contributed by atoms with Gasteiger partial charge in [0.1, 0.15) is 5.82 Å². The smallest absolute Gasteiger partial charge is 0.243 e. The van der Waals surface area contributed by atoms with Crippen molar-refractivity contribution in [3.05, 3.63) is 53.7 Å². The number of piperidine rings is 1. The van der Waals surface area contributed by atoms with Gasteiger partial charge in [0.2, 0.25) is 15.9 Å². The number of aromatic nitrogens is 1. The third-order valence-corrected chi connectivity index (χ3v) is 6.75. The molecule has 1 aliphatic rings. The van der Waals surface area contributed by atoms with Crippen LogP contribution in [0.1, 0.15) is 24.0 Å². The summed E-state index contributed by atoms with van der Waals surface area (Å²) in [5.41, 5.74) is 1.78. The molecular formula is C19H23N3O3S. The summed E-state index contributed by atoms with van der Waals surface area (Å²) in [4.78, 5) is 16.8. The fraction of sp³-hybridized carbons (Fsp3) is 0.368. The van der Waals surface area contributed by atoms with Gasteiger partial charge in [-0.05, 0) is 50.5 Å². The molecule has 1 aliphatic heterocycles. The molecule has 0 unspecified atom stereocenters. The molecule has 1 N–H and O–H groups in total. The normalized spacial score (nSPS) is 16.4. The zero-order valence-electron chi connectivity index (χ0n) is 15.0. The topological polar surface area (TPSA) is 79.4 Å². The Bertz CT molecular complexity index is 890. The van der Waals surface area contributed by atoms with Gasteiger partial charge in [0.25, 0.3) is 0 Å². The number of carbonyl (C=O) groups excluding carboxylic acids is 1. The van der Waals surface area contributed by atoms with E-state index in [-0.39, 0.29) is 11.8 Å². The molecular weight excluding hydrogens is 350 g/mol. The Hall–Kier alpha value is -2.25. The maximum Gasteiger partial charge on any atom is 0.243 e. The van der Waals surface area contributed by atoms with Crippen molar-refractivity contribution in [1.82, 2.24) is 9.29 Å². The SMILES string of the molecule is Cc1ccc(S(=O)(=O)N2CCC(C(=O)Nc3ccccn3)CC2)c(C)c1. The van der Waals surface area contributed by atoms with Crippen molar-refractivity contribution in [2.24, 2.45) is 5.92 Å². The number of amides is 1. The molecule has 0 spiro atoms. The van der Waals surface area contributed by atoms with Crippen molar-refractivity contribution in [3.63, 3.8) is 0 Å². The molecule has 0 saturated carbocycles. The zero-order valence-corrected chi connectivity index (χ0v) is 15.8. The van der Waals surface area contributed by atoms with Crippen LogP contribution in [0.15, 0.2) is 47.5 Å². The predicted molar refractivity (Wildman–Crippen MR) is 100 cm³/mol. The second-order valence-electron chi connectivity index (χ2n) is 6.65. The Morgan fingerprint density at radius 2 is 1.88 bits per heavy atom. The number of benzene rings is 1. The van der Waals surface area contributed by atoms with E-state index in [4.69, 9.17) is 0 Å². The highest BCUT2D eigenvalue weighted by Gasteiger charge is 2.32. The van der Waals surface area contributed by atoms with Crippen LogP contribution in [-0.4, -0.2) is 36.7 Å². The van der Waals surface area contributed by atoms with Gasteiger partial charge < -0.3 is 5.32 Å². The number of hydrogen-bond donors (Lipinski definition) is 1. The molecule has 6 nitrogen and oxygen atoms in total. The van der Waals surface area contributed by atoms with E-state index in [1.54, 1.807) is 24.4 Å². The van der Waals surface area contributed by atoms with Crippen LogP contribution in [0.25, 0.3) is 0 Å². The third kappa shape index (κ3) is 3.94. The standard InChI is InChI=1S/C19H23N3O3S/c1-14-6-7-17(15(2)13-14)26(24,25)22-11-8-16(9-12-22)19(23)21-18-5-3-4-10-20-18/h3-7,10,13,16H,8-9,11-12H2,1-2H3,(H,20,21,23). The van der Waals surface area contributed by atoms with Crippen LogP contribution in [0, 0.1) is 19.8 Å². The van der Waals surface area contributed by atoms with E-state index in [2.05, 4.69) is 10.3 Å². The minimum Gasteiger partial charge on any atom is -0.310 e. The first-order valence-corrected chi connectivity index (χ1v) is 10.1. The van der Waals surface area contributed by atoms with Crippen molar-refractivity contribution < 1.29 is 13.2 Å². The summed E-state index contributed by atoms with van der Waals surface area (Å²) in [6, 6.07) is 10.7. The number of sulfonamides is 1. The van der Waals surface area contributed by atoms with Gasteiger partial charge in [-0.1, -0.05) is 23.8 Å². The predicted octanol–water partition coefficient (Wildman–Crippen LogP) is 2.74. The molecule has 1 saturated heterocycles. The average molecular weight is 373 g/mol. The molecule has 2 aromatic rings. The van der Waals surface area contributed by atoms with E-state index < -0.39 is 10.0 Å². The molecule has 7 heteroatoms. The summed E-state index contributed by atoms with van der Waals surface area (Å²) in [6.45, 7) is 4.44. The van der Waals surface area contributed by atoms with Gasteiger partial charge in [-0.15, -0.1) is 0 Å². The number of anilines is 1. The third-order valence-electron chi connectivity index (χ3n) is 4.69. The highest BCUT2D eigenvalue weighted by Crippen LogP contribution is 2.26. The summed E-state index contributed by atoms with van der Waals surface area (Å²) < 4.78 is 27.3. The fourth-order valence-corrected chi connectivity index (χ4v) is 4.93. The van der Waals surface area contributed by atoms with Crippen LogP contribution < -0.4 is 5.32 Å². The van der Waals surface area contributed by atoms with Gasteiger partial charge in [0, 0.05) is 25.2 Å². The first kappa shape index (κ1) is 18.5. The molecule has 1 aromatic carbocycles. The number of nitrogens with zero attached hydrogens (tertiary/aromatic N) is 2. The molecule has 0 bridgehead atoms. The lowest BCUT2D eigenvalue weighted by atomic mass is 9.97. The quantitative estimate of drug-likeness (QED) is 0.894. The highest BCUT2D eigenvalue weighted by molar-refractivity contribution is 7.89. The van der Waals surface area contributed by atoms with Gasteiger partial charge in [-0.25, -0.2) is 13.4 Å². The second kappa shape index (κ2) is 7.55. The molecule has 3 rings (SSSR count).